The van der Waals surface area contributed by atoms with Crippen molar-refractivity contribution in [1.29, 1.82) is 0 Å². The molecule has 0 fully saturated rings. The van der Waals surface area contributed by atoms with Crippen LogP contribution in [0.2, 0.25) is 0 Å². The van der Waals surface area contributed by atoms with Gasteiger partial charge in [-0.25, -0.2) is 0 Å². The SMILES string of the molecule is FC(F)(F)[CH]C(F)(F)F.[NaH]. The Kier molecular flexibility index (Phi) is 5.04. The summed E-state index contributed by atoms with van der Waals surface area (Å²) < 4.78 is 64.7. The molecular formula is C3H2F6Na. The number of alkyl halides is 6. The third-order valence-corrected chi connectivity index (χ3v) is 0.327. The van der Waals surface area contributed by atoms with Gasteiger partial charge in [0, 0.05) is 0 Å². The van der Waals surface area contributed by atoms with Crippen LogP contribution < -0.4 is 0 Å². The molecule has 0 rings (SSSR count). The first-order valence-corrected chi connectivity index (χ1v) is 1.71. The van der Waals surface area contributed by atoms with Gasteiger partial charge in [-0.1, -0.05) is 0 Å². The summed E-state index contributed by atoms with van der Waals surface area (Å²) in [6, 6.07) is 0. The fourth-order valence-electron chi connectivity index (χ4n) is 0.186. The summed E-state index contributed by atoms with van der Waals surface area (Å²) in [4.78, 5) is 0. The van der Waals surface area contributed by atoms with E-state index < -0.39 is 18.8 Å². The van der Waals surface area contributed by atoms with Crippen molar-refractivity contribution in [3.05, 3.63) is 6.42 Å². The molecule has 0 saturated carbocycles. The molecular weight excluding hydrogens is 173 g/mol. The Balaban J connectivity index is 0. The fraction of sp³-hybridized carbons (Fsp3) is 0.667. The standard InChI is InChI=1S/C3HF6.Na.H/c4-2(5,6)1-3(7,8)9;;/h1H;;. The zero-order valence-electron chi connectivity index (χ0n) is 3.85. The monoisotopic (exact) mass is 175 g/mol. The van der Waals surface area contributed by atoms with Gasteiger partial charge in [0.2, 0.25) is 0 Å². The number of hydrogen-bond acceptors (Lipinski definition) is 0. The van der Waals surface area contributed by atoms with Crippen LogP contribution >= 0.6 is 0 Å². The van der Waals surface area contributed by atoms with Crippen LogP contribution in [-0.2, 0) is 0 Å². The Labute approximate surface area is 74.9 Å². The molecule has 0 aromatic heterocycles. The van der Waals surface area contributed by atoms with E-state index in [1.165, 1.54) is 0 Å². The molecule has 0 aromatic carbocycles. The summed E-state index contributed by atoms with van der Waals surface area (Å²) in [6.07, 6.45) is -12.2. The normalized spacial score (nSPS) is 12.6. The van der Waals surface area contributed by atoms with Crippen LogP contribution in [0, 0.1) is 6.42 Å². The zero-order chi connectivity index (χ0) is 7.71. The fourth-order valence-corrected chi connectivity index (χ4v) is 0.186. The van der Waals surface area contributed by atoms with Crippen LogP contribution in [0.25, 0.3) is 0 Å². The molecule has 0 heterocycles. The van der Waals surface area contributed by atoms with Crippen molar-refractivity contribution in [2.75, 3.05) is 0 Å². The van der Waals surface area contributed by atoms with E-state index in [-0.39, 0.29) is 29.6 Å². The third-order valence-electron chi connectivity index (χ3n) is 0.327. The van der Waals surface area contributed by atoms with E-state index in [0.29, 0.717) is 0 Å². The number of hydrogen-bond donors (Lipinski definition) is 0. The molecule has 0 nitrogen and oxygen atoms in total. The van der Waals surface area contributed by atoms with Gasteiger partial charge in [-0.3, -0.25) is 0 Å². The molecule has 0 aromatic rings. The molecule has 0 unspecified atom stereocenters. The van der Waals surface area contributed by atoms with E-state index >= 15 is 0 Å². The molecule has 0 atom stereocenters. The second kappa shape index (κ2) is 3.82. The molecule has 1 radical (unpaired) electrons. The molecule has 0 bridgehead atoms. The van der Waals surface area contributed by atoms with Crippen molar-refractivity contribution < 1.29 is 26.3 Å². The van der Waals surface area contributed by atoms with Gasteiger partial charge in [0.15, 0.2) is 6.42 Å². The Morgan fingerprint density at radius 2 is 0.900 bits per heavy atom. The quantitative estimate of drug-likeness (QED) is 0.388. The van der Waals surface area contributed by atoms with Gasteiger partial charge >= 0.3 is 41.9 Å². The summed E-state index contributed by atoms with van der Waals surface area (Å²) in [5, 5.41) is 0. The molecule has 0 aliphatic rings. The van der Waals surface area contributed by atoms with E-state index in [1.807, 2.05) is 0 Å². The first-order valence-electron chi connectivity index (χ1n) is 1.71. The van der Waals surface area contributed by atoms with E-state index in [2.05, 4.69) is 0 Å². The predicted octanol–water partition coefficient (Wildman–Crippen LogP) is 1.67. The van der Waals surface area contributed by atoms with Gasteiger partial charge in [0.25, 0.3) is 0 Å². The van der Waals surface area contributed by atoms with Gasteiger partial charge < -0.3 is 0 Å². The van der Waals surface area contributed by atoms with Crippen LogP contribution in [0.3, 0.4) is 0 Å². The van der Waals surface area contributed by atoms with Gasteiger partial charge in [-0.05, 0) is 0 Å². The topological polar surface area (TPSA) is 0 Å². The van der Waals surface area contributed by atoms with Crippen molar-refractivity contribution in [1.82, 2.24) is 0 Å². The van der Waals surface area contributed by atoms with E-state index in [9.17, 15) is 26.3 Å². The summed E-state index contributed by atoms with van der Waals surface area (Å²) in [6.45, 7) is 0. The summed E-state index contributed by atoms with van der Waals surface area (Å²) >= 11 is 0. The van der Waals surface area contributed by atoms with Gasteiger partial charge in [0.1, 0.15) is 0 Å². The predicted molar refractivity (Wildman–Crippen MR) is 23.6 cm³/mol. The molecule has 0 N–H and O–H groups in total. The van der Waals surface area contributed by atoms with E-state index in [0.717, 1.165) is 0 Å². The molecule has 7 heteroatoms. The van der Waals surface area contributed by atoms with Crippen molar-refractivity contribution in [3.8, 4) is 0 Å². The molecule has 0 saturated heterocycles. The first-order chi connectivity index (χ1) is 3.71. The maximum atomic E-state index is 10.8. The van der Waals surface area contributed by atoms with Crippen LogP contribution in [0.1, 0.15) is 0 Å². The Morgan fingerprint density at radius 3 is 0.900 bits per heavy atom. The van der Waals surface area contributed by atoms with Crippen molar-refractivity contribution in [2.24, 2.45) is 0 Å². The Bertz CT molecular complexity index is 78.1. The van der Waals surface area contributed by atoms with Gasteiger partial charge in [-0.2, -0.15) is 26.3 Å². The second-order valence-electron chi connectivity index (χ2n) is 1.23. The van der Waals surface area contributed by atoms with Crippen molar-refractivity contribution in [2.45, 2.75) is 12.4 Å². The second-order valence-corrected chi connectivity index (χ2v) is 1.23. The Hall–Kier alpha value is 0.580. The van der Waals surface area contributed by atoms with Crippen molar-refractivity contribution >= 4 is 29.6 Å². The van der Waals surface area contributed by atoms with E-state index in [1.54, 1.807) is 0 Å². The van der Waals surface area contributed by atoms with E-state index in [4.69, 9.17) is 0 Å². The molecule has 0 amide bonds. The van der Waals surface area contributed by atoms with Crippen LogP contribution in [0.15, 0.2) is 0 Å². The van der Waals surface area contributed by atoms with Crippen LogP contribution in [0.4, 0.5) is 26.3 Å². The minimum atomic E-state index is -5.27. The summed E-state index contributed by atoms with van der Waals surface area (Å²) in [5.41, 5.74) is 0. The molecule has 57 valence electrons. The van der Waals surface area contributed by atoms with Crippen LogP contribution in [-0.4, -0.2) is 41.9 Å². The maximum absolute atomic E-state index is 10.8. The molecule has 0 aliphatic heterocycles. The van der Waals surface area contributed by atoms with Gasteiger partial charge in [0.05, 0.1) is 0 Å². The van der Waals surface area contributed by atoms with Crippen LogP contribution in [0.5, 0.6) is 0 Å². The first kappa shape index (κ1) is 13.2. The average Bonchev–Trinajstić information content (AvgIpc) is 1.14. The zero-order valence-corrected chi connectivity index (χ0v) is 3.85. The summed E-state index contributed by atoms with van der Waals surface area (Å²) in [7, 11) is 0. The summed E-state index contributed by atoms with van der Waals surface area (Å²) in [5.74, 6) is 0. The molecule has 0 aliphatic carbocycles. The molecule has 10 heavy (non-hydrogen) atoms. The van der Waals surface area contributed by atoms with Gasteiger partial charge in [-0.15, -0.1) is 0 Å². The minimum absolute atomic E-state index is 0. The third kappa shape index (κ3) is 11.4. The van der Waals surface area contributed by atoms with Crippen molar-refractivity contribution in [3.63, 3.8) is 0 Å². The number of rotatable bonds is 0. The Morgan fingerprint density at radius 1 is 0.700 bits per heavy atom. The average molecular weight is 175 g/mol. The molecule has 0 spiro atoms. The number of halogens is 6.